The van der Waals surface area contributed by atoms with Crippen molar-refractivity contribution in [3.05, 3.63) is 46.3 Å². The maximum Gasteiger partial charge on any atom is 0.311 e. The van der Waals surface area contributed by atoms with Crippen molar-refractivity contribution >= 4 is 28.9 Å². The van der Waals surface area contributed by atoms with Crippen LogP contribution in [0.2, 0.25) is 5.02 Å². The number of hydrogen-bond donors (Lipinski definition) is 1. The van der Waals surface area contributed by atoms with E-state index in [-0.39, 0.29) is 0 Å². The number of carbonyl (C=O) groups is 1. The summed E-state index contributed by atoms with van der Waals surface area (Å²) in [7, 11) is 0. The number of halogens is 1. The van der Waals surface area contributed by atoms with Crippen LogP contribution in [0.15, 0.2) is 36.4 Å². The van der Waals surface area contributed by atoms with Gasteiger partial charge in [-0.15, -0.1) is 11.3 Å². The van der Waals surface area contributed by atoms with Gasteiger partial charge in [-0.1, -0.05) is 29.8 Å². The second kappa shape index (κ2) is 4.90. The van der Waals surface area contributed by atoms with Crippen molar-refractivity contribution in [3.63, 3.8) is 0 Å². The van der Waals surface area contributed by atoms with E-state index >= 15 is 0 Å². The normalized spacial score (nSPS) is 12.4. The third-order valence-electron chi connectivity index (χ3n) is 2.56. The predicted molar refractivity (Wildman–Crippen MR) is 70.8 cm³/mol. The fraction of sp³-hybridized carbons (Fsp3) is 0.154. The Bertz CT molecular complexity index is 548. The lowest BCUT2D eigenvalue weighted by molar-refractivity contribution is -0.138. The summed E-state index contributed by atoms with van der Waals surface area (Å²) in [6, 6.07) is 11.3. The van der Waals surface area contributed by atoms with Crippen molar-refractivity contribution < 1.29 is 9.90 Å². The number of rotatable bonds is 3. The lowest BCUT2D eigenvalue weighted by Gasteiger charge is -2.02. The SMILES string of the molecule is CC(C(=O)O)c1ccc(-c2ccccc2Cl)s1. The Morgan fingerprint density at radius 3 is 2.65 bits per heavy atom. The maximum absolute atomic E-state index is 10.9. The molecular formula is C13H11ClO2S. The first-order valence-electron chi connectivity index (χ1n) is 5.17. The van der Waals surface area contributed by atoms with Crippen molar-refractivity contribution in [1.82, 2.24) is 0 Å². The molecule has 0 radical (unpaired) electrons. The molecule has 0 saturated heterocycles. The number of benzene rings is 1. The van der Waals surface area contributed by atoms with Crippen molar-refractivity contribution in [2.24, 2.45) is 0 Å². The molecule has 0 aliphatic carbocycles. The molecule has 1 aromatic heterocycles. The second-order valence-electron chi connectivity index (χ2n) is 3.74. The van der Waals surface area contributed by atoms with E-state index in [9.17, 15) is 4.79 Å². The van der Waals surface area contributed by atoms with Crippen LogP contribution in [0.3, 0.4) is 0 Å². The van der Waals surface area contributed by atoms with Gasteiger partial charge in [0.1, 0.15) is 0 Å². The van der Waals surface area contributed by atoms with Crippen molar-refractivity contribution in [3.8, 4) is 10.4 Å². The topological polar surface area (TPSA) is 37.3 Å². The molecule has 2 aromatic rings. The Hall–Kier alpha value is -1.32. The summed E-state index contributed by atoms with van der Waals surface area (Å²) in [5.41, 5.74) is 0.947. The van der Waals surface area contributed by atoms with Crippen LogP contribution < -0.4 is 0 Å². The molecule has 1 unspecified atom stereocenters. The zero-order valence-corrected chi connectivity index (χ0v) is 10.8. The van der Waals surface area contributed by atoms with Gasteiger partial charge in [0.05, 0.1) is 5.92 Å². The summed E-state index contributed by atoms with van der Waals surface area (Å²) < 4.78 is 0. The van der Waals surface area contributed by atoms with Crippen LogP contribution in [0.4, 0.5) is 0 Å². The fourth-order valence-electron chi connectivity index (χ4n) is 1.51. The van der Waals surface area contributed by atoms with Crippen LogP contribution in [-0.4, -0.2) is 11.1 Å². The first-order valence-corrected chi connectivity index (χ1v) is 6.36. The van der Waals surface area contributed by atoms with Crippen LogP contribution in [0.5, 0.6) is 0 Å². The molecule has 0 saturated carbocycles. The van der Waals surface area contributed by atoms with E-state index in [1.807, 2.05) is 36.4 Å². The predicted octanol–water partition coefficient (Wildman–Crippen LogP) is 4.26. The minimum absolute atomic E-state index is 0.476. The van der Waals surface area contributed by atoms with Crippen LogP contribution in [0.1, 0.15) is 17.7 Å². The largest absolute Gasteiger partial charge is 0.481 e. The summed E-state index contributed by atoms with van der Waals surface area (Å²) in [4.78, 5) is 12.7. The molecule has 4 heteroatoms. The Morgan fingerprint density at radius 2 is 2.00 bits per heavy atom. The number of thiophene rings is 1. The molecule has 1 aromatic carbocycles. The standard InChI is InChI=1S/C13H11ClO2S/c1-8(13(15)16)11-6-7-12(17-11)9-4-2-3-5-10(9)14/h2-8H,1H3,(H,15,16). The molecule has 0 aliphatic rings. The summed E-state index contributed by atoms with van der Waals surface area (Å²) in [6.07, 6.45) is 0. The van der Waals surface area contributed by atoms with Gasteiger partial charge in [0.2, 0.25) is 0 Å². The van der Waals surface area contributed by atoms with Crippen LogP contribution in [-0.2, 0) is 4.79 Å². The van der Waals surface area contributed by atoms with Gasteiger partial charge in [-0.05, 0) is 25.1 Å². The molecule has 17 heavy (non-hydrogen) atoms. The molecule has 2 rings (SSSR count). The van der Waals surface area contributed by atoms with E-state index in [4.69, 9.17) is 16.7 Å². The smallest absolute Gasteiger partial charge is 0.311 e. The van der Waals surface area contributed by atoms with Crippen LogP contribution in [0, 0.1) is 0 Å². The monoisotopic (exact) mass is 266 g/mol. The minimum atomic E-state index is -0.808. The highest BCUT2D eigenvalue weighted by Gasteiger charge is 2.16. The average molecular weight is 267 g/mol. The molecule has 88 valence electrons. The fourth-order valence-corrected chi connectivity index (χ4v) is 2.90. The van der Waals surface area contributed by atoms with Gasteiger partial charge in [0, 0.05) is 20.3 Å². The van der Waals surface area contributed by atoms with Crippen LogP contribution in [0.25, 0.3) is 10.4 Å². The van der Waals surface area contributed by atoms with E-state index in [0.29, 0.717) is 5.02 Å². The van der Waals surface area contributed by atoms with Gasteiger partial charge < -0.3 is 5.11 Å². The van der Waals surface area contributed by atoms with Gasteiger partial charge in [0.25, 0.3) is 0 Å². The van der Waals surface area contributed by atoms with Crippen molar-refractivity contribution in [1.29, 1.82) is 0 Å². The molecule has 0 spiro atoms. The van der Waals surface area contributed by atoms with E-state index in [2.05, 4.69) is 0 Å². The zero-order valence-electron chi connectivity index (χ0n) is 9.18. The summed E-state index contributed by atoms with van der Waals surface area (Å²) in [6.45, 7) is 1.69. The molecule has 0 fully saturated rings. The highest BCUT2D eigenvalue weighted by molar-refractivity contribution is 7.15. The van der Waals surface area contributed by atoms with E-state index in [1.54, 1.807) is 6.92 Å². The molecule has 0 bridgehead atoms. The average Bonchev–Trinajstić information content (AvgIpc) is 2.77. The molecule has 0 amide bonds. The van der Waals surface area contributed by atoms with Gasteiger partial charge in [-0.2, -0.15) is 0 Å². The second-order valence-corrected chi connectivity index (χ2v) is 5.26. The lowest BCUT2D eigenvalue weighted by atomic mass is 10.1. The van der Waals surface area contributed by atoms with E-state index < -0.39 is 11.9 Å². The maximum atomic E-state index is 10.9. The van der Waals surface area contributed by atoms with E-state index in [0.717, 1.165) is 15.3 Å². The third kappa shape index (κ3) is 2.51. The third-order valence-corrected chi connectivity index (χ3v) is 4.19. The van der Waals surface area contributed by atoms with Gasteiger partial charge in [-0.3, -0.25) is 4.79 Å². The Kier molecular flexibility index (Phi) is 3.50. The number of aliphatic carboxylic acids is 1. The Labute approximate surface area is 108 Å². The van der Waals surface area contributed by atoms with Crippen molar-refractivity contribution in [2.75, 3.05) is 0 Å². The molecular weight excluding hydrogens is 256 g/mol. The highest BCUT2D eigenvalue weighted by Crippen LogP contribution is 2.35. The zero-order chi connectivity index (χ0) is 12.4. The Balaban J connectivity index is 2.37. The highest BCUT2D eigenvalue weighted by atomic mass is 35.5. The lowest BCUT2D eigenvalue weighted by Crippen LogP contribution is -2.04. The molecule has 0 aliphatic heterocycles. The number of carboxylic acids is 1. The molecule has 1 atom stereocenters. The first-order chi connectivity index (χ1) is 8.09. The van der Waals surface area contributed by atoms with Crippen molar-refractivity contribution in [2.45, 2.75) is 12.8 Å². The number of hydrogen-bond acceptors (Lipinski definition) is 2. The van der Waals surface area contributed by atoms with Gasteiger partial charge in [-0.25, -0.2) is 0 Å². The molecule has 2 nitrogen and oxygen atoms in total. The summed E-state index contributed by atoms with van der Waals surface area (Å²) >= 11 is 7.57. The minimum Gasteiger partial charge on any atom is -0.481 e. The van der Waals surface area contributed by atoms with E-state index in [1.165, 1.54) is 11.3 Å². The number of carboxylic acid groups (broad SMARTS) is 1. The van der Waals surface area contributed by atoms with Crippen LogP contribution >= 0.6 is 22.9 Å². The molecule has 1 heterocycles. The van der Waals surface area contributed by atoms with Gasteiger partial charge in [0.15, 0.2) is 0 Å². The summed E-state index contributed by atoms with van der Waals surface area (Å²) in [5, 5.41) is 9.63. The molecule has 1 N–H and O–H groups in total. The van der Waals surface area contributed by atoms with Gasteiger partial charge >= 0.3 is 5.97 Å². The Morgan fingerprint density at radius 1 is 1.29 bits per heavy atom. The quantitative estimate of drug-likeness (QED) is 0.901. The summed E-state index contributed by atoms with van der Waals surface area (Å²) in [5.74, 6) is -1.28. The first kappa shape index (κ1) is 12.1.